The molecular weight excluding hydrogens is 302 g/mol. The van der Waals surface area contributed by atoms with Crippen LogP contribution in [0.4, 0.5) is 5.82 Å². The highest BCUT2D eigenvalue weighted by Gasteiger charge is 2.04. The lowest BCUT2D eigenvalue weighted by Crippen LogP contribution is -2.07. The average molecular weight is 321 g/mol. The van der Waals surface area contributed by atoms with Crippen molar-refractivity contribution in [2.75, 3.05) is 19.0 Å². The highest BCUT2D eigenvalue weighted by molar-refractivity contribution is 5.60. The molecule has 0 unspecified atom stereocenters. The van der Waals surface area contributed by atoms with E-state index in [1.54, 1.807) is 25.8 Å². The van der Waals surface area contributed by atoms with Crippen LogP contribution in [0.1, 0.15) is 11.4 Å². The molecule has 0 spiro atoms. The lowest BCUT2D eigenvalue weighted by Gasteiger charge is -2.10. The van der Waals surface area contributed by atoms with Crippen LogP contribution in [0.3, 0.4) is 0 Å². The first-order chi connectivity index (χ1) is 11.8. The van der Waals surface area contributed by atoms with E-state index in [1.165, 1.54) is 0 Å². The number of benzene rings is 1. The first-order valence-corrected chi connectivity index (χ1v) is 7.73. The molecule has 3 aromatic rings. The van der Waals surface area contributed by atoms with E-state index in [9.17, 15) is 0 Å². The van der Waals surface area contributed by atoms with Crippen molar-refractivity contribution in [2.24, 2.45) is 0 Å². The van der Waals surface area contributed by atoms with Crippen molar-refractivity contribution in [2.45, 2.75) is 13.3 Å². The Balaban J connectivity index is 1.66. The van der Waals surface area contributed by atoms with Gasteiger partial charge in [-0.15, -0.1) is 0 Å². The van der Waals surface area contributed by atoms with Crippen LogP contribution in [0.2, 0.25) is 0 Å². The predicted molar refractivity (Wildman–Crippen MR) is 93.0 cm³/mol. The fraction of sp³-hybridized carbons (Fsp3) is 0.222. The molecule has 0 amide bonds. The number of hydrogen-bond acceptors (Lipinski definition) is 6. The van der Waals surface area contributed by atoms with Gasteiger partial charge in [0.05, 0.1) is 12.8 Å². The van der Waals surface area contributed by atoms with Crippen LogP contribution in [0.25, 0.3) is 11.3 Å². The zero-order chi connectivity index (χ0) is 16.8. The number of methoxy groups -OCH3 is 1. The quantitative estimate of drug-likeness (QED) is 0.752. The summed E-state index contributed by atoms with van der Waals surface area (Å²) in [5, 5.41) is 3.32. The molecule has 0 bridgehead atoms. The molecule has 0 saturated carbocycles. The number of aryl methyl sites for hydroxylation is 1. The third-order valence-electron chi connectivity index (χ3n) is 3.64. The van der Waals surface area contributed by atoms with Gasteiger partial charge in [-0.05, 0) is 25.0 Å². The Hall–Kier alpha value is -3.02. The minimum atomic E-state index is 0.739. The summed E-state index contributed by atoms with van der Waals surface area (Å²) in [7, 11) is 1.69. The molecule has 0 radical (unpaired) electrons. The first-order valence-electron chi connectivity index (χ1n) is 7.73. The normalized spacial score (nSPS) is 10.4. The van der Waals surface area contributed by atoms with Gasteiger partial charge in [0.25, 0.3) is 0 Å². The van der Waals surface area contributed by atoms with Gasteiger partial charge in [-0.1, -0.05) is 18.2 Å². The number of nitrogens with zero attached hydrogens (tertiary/aromatic N) is 4. The van der Waals surface area contributed by atoms with Crippen LogP contribution in [-0.2, 0) is 6.42 Å². The summed E-state index contributed by atoms with van der Waals surface area (Å²) in [4.78, 5) is 16.9. The highest BCUT2D eigenvalue weighted by Crippen LogP contribution is 2.19. The van der Waals surface area contributed by atoms with Gasteiger partial charge < -0.3 is 10.1 Å². The smallest absolute Gasteiger partial charge is 0.129 e. The summed E-state index contributed by atoms with van der Waals surface area (Å²) in [6.07, 6.45) is 5.92. The number of aromatic nitrogens is 4. The van der Waals surface area contributed by atoms with Crippen molar-refractivity contribution in [1.29, 1.82) is 0 Å². The number of rotatable bonds is 6. The van der Waals surface area contributed by atoms with Gasteiger partial charge in [0.15, 0.2) is 0 Å². The van der Waals surface area contributed by atoms with Crippen molar-refractivity contribution in [3.63, 3.8) is 0 Å². The van der Waals surface area contributed by atoms with Gasteiger partial charge in [-0.2, -0.15) is 0 Å². The van der Waals surface area contributed by atoms with E-state index in [0.717, 1.165) is 47.2 Å². The van der Waals surface area contributed by atoms with Gasteiger partial charge >= 0.3 is 0 Å². The van der Waals surface area contributed by atoms with E-state index in [2.05, 4.69) is 31.3 Å². The first kappa shape index (κ1) is 15.9. The summed E-state index contributed by atoms with van der Waals surface area (Å²) in [5.74, 6) is 2.41. The van der Waals surface area contributed by atoms with E-state index in [1.807, 2.05) is 31.2 Å². The summed E-state index contributed by atoms with van der Waals surface area (Å²) >= 11 is 0. The van der Waals surface area contributed by atoms with Crippen molar-refractivity contribution < 1.29 is 4.74 Å². The Bertz CT molecular complexity index is 805. The maximum absolute atomic E-state index is 5.37. The van der Waals surface area contributed by atoms with Crippen molar-refractivity contribution in [1.82, 2.24) is 19.9 Å². The molecule has 0 aliphatic heterocycles. The van der Waals surface area contributed by atoms with Crippen LogP contribution >= 0.6 is 0 Å². The zero-order valence-corrected chi connectivity index (χ0v) is 13.7. The molecule has 2 aromatic heterocycles. The van der Waals surface area contributed by atoms with Crippen molar-refractivity contribution in [3.05, 3.63) is 60.4 Å². The van der Waals surface area contributed by atoms with Gasteiger partial charge in [-0.3, -0.25) is 0 Å². The second-order valence-electron chi connectivity index (χ2n) is 5.30. The monoisotopic (exact) mass is 321 g/mol. The van der Waals surface area contributed by atoms with Crippen LogP contribution in [0.5, 0.6) is 5.75 Å². The lowest BCUT2D eigenvalue weighted by molar-refractivity contribution is 0.410. The fourth-order valence-corrected chi connectivity index (χ4v) is 2.37. The van der Waals surface area contributed by atoms with Crippen LogP contribution in [0, 0.1) is 6.92 Å². The van der Waals surface area contributed by atoms with Gasteiger partial charge in [-0.25, -0.2) is 19.9 Å². The number of hydrogen-bond donors (Lipinski definition) is 1. The van der Waals surface area contributed by atoms with Crippen LogP contribution in [0.15, 0.2) is 49.1 Å². The summed E-state index contributed by atoms with van der Waals surface area (Å²) < 4.78 is 5.37. The standard InChI is InChI=1S/C18H19N5O/c1-13-20-10-15(11-21-13)16-9-18(23-12-22-16)19-8-7-14-5-3-4-6-17(14)24-2/h3-6,9-12H,7-8H2,1-2H3,(H,19,22,23). The molecule has 6 nitrogen and oxygen atoms in total. The summed E-state index contributed by atoms with van der Waals surface area (Å²) in [6, 6.07) is 9.91. The number of para-hydroxylation sites is 1. The van der Waals surface area contributed by atoms with Gasteiger partial charge in [0.2, 0.25) is 0 Å². The van der Waals surface area contributed by atoms with Crippen LogP contribution in [-0.4, -0.2) is 33.6 Å². The molecular formula is C18H19N5O. The molecule has 1 N–H and O–H groups in total. The maximum atomic E-state index is 5.37. The maximum Gasteiger partial charge on any atom is 0.129 e. The average Bonchev–Trinajstić information content (AvgIpc) is 2.63. The largest absolute Gasteiger partial charge is 0.496 e. The zero-order valence-electron chi connectivity index (χ0n) is 13.7. The molecule has 0 saturated heterocycles. The van der Waals surface area contributed by atoms with E-state index in [0.29, 0.717) is 0 Å². The van der Waals surface area contributed by atoms with E-state index < -0.39 is 0 Å². The molecule has 122 valence electrons. The molecule has 1 aromatic carbocycles. The third kappa shape index (κ3) is 3.84. The van der Waals surface area contributed by atoms with Crippen molar-refractivity contribution >= 4 is 5.82 Å². The van der Waals surface area contributed by atoms with E-state index >= 15 is 0 Å². The second kappa shape index (κ2) is 7.50. The highest BCUT2D eigenvalue weighted by atomic mass is 16.5. The molecule has 0 aliphatic carbocycles. The molecule has 0 fully saturated rings. The Kier molecular flexibility index (Phi) is 4.96. The summed E-state index contributed by atoms with van der Waals surface area (Å²) in [6.45, 7) is 2.61. The van der Waals surface area contributed by atoms with E-state index in [-0.39, 0.29) is 0 Å². The van der Waals surface area contributed by atoms with Crippen molar-refractivity contribution in [3.8, 4) is 17.0 Å². The van der Waals surface area contributed by atoms with Gasteiger partial charge in [0.1, 0.15) is 23.7 Å². The Morgan fingerprint density at radius 2 is 1.83 bits per heavy atom. The molecule has 0 atom stereocenters. The van der Waals surface area contributed by atoms with Crippen LogP contribution < -0.4 is 10.1 Å². The molecule has 6 heteroatoms. The topological polar surface area (TPSA) is 72.8 Å². The number of nitrogens with one attached hydrogen (secondary N) is 1. The fourth-order valence-electron chi connectivity index (χ4n) is 2.37. The molecule has 0 aliphatic rings. The molecule has 3 rings (SSSR count). The molecule has 24 heavy (non-hydrogen) atoms. The minimum Gasteiger partial charge on any atom is -0.496 e. The Labute approximate surface area is 141 Å². The Morgan fingerprint density at radius 1 is 1.04 bits per heavy atom. The van der Waals surface area contributed by atoms with E-state index in [4.69, 9.17) is 4.74 Å². The number of ether oxygens (including phenoxy) is 1. The lowest BCUT2D eigenvalue weighted by atomic mass is 10.1. The SMILES string of the molecule is COc1ccccc1CCNc1cc(-c2cnc(C)nc2)ncn1. The Morgan fingerprint density at radius 3 is 2.62 bits per heavy atom. The van der Waals surface area contributed by atoms with Gasteiger partial charge in [0, 0.05) is 30.6 Å². The minimum absolute atomic E-state index is 0.739. The molecule has 2 heterocycles. The second-order valence-corrected chi connectivity index (χ2v) is 5.30. The summed E-state index contributed by atoms with van der Waals surface area (Å²) in [5.41, 5.74) is 2.83. The third-order valence-corrected chi connectivity index (χ3v) is 3.64. The predicted octanol–water partition coefficient (Wildman–Crippen LogP) is 2.91. The number of anilines is 1.